The summed E-state index contributed by atoms with van der Waals surface area (Å²) >= 11 is 1.58. The normalized spacial score (nSPS) is 21.5. The molecule has 2 atom stereocenters. The first-order valence-electron chi connectivity index (χ1n) is 7.45. The summed E-state index contributed by atoms with van der Waals surface area (Å²) in [6.45, 7) is 6.00. The lowest BCUT2D eigenvalue weighted by Crippen LogP contribution is -2.40. The first-order chi connectivity index (χ1) is 10.2. The predicted octanol–water partition coefficient (Wildman–Crippen LogP) is 2.23. The Labute approximate surface area is 137 Å². The minimum absolute atomic E-state index is 0.0727. The summed E-state index contributed by atoms with van der Waals surface area (Å²) in [5.41, 5.74) is 3.67. The summed E-state index contributed by atoms with van der Waals surface area (Å²) in [5.74, 6) is 0.964. The van der Waals surface area contributed by atoms with E-state index in [2.05, 4.69) is 37.4 Å². The molecule has 2 unspecified atom stereocenters. The average molecular weight is 341 g/mol. The van der Waals surface area contributed by atoms with Crippen LogP contribution in [0.15, 0.2) is 18.2 Å². The molecule has 4 nitrogen and oxygen atoms in total. The fourth-order valence-corrected chi connectivity index (χ4v) is 5.18. The summed E-state index contributed by atoms with van der Waals surface area (Å²) in [6.07, 6.45) is 0.530. The Morgan fingerprint density at radius 3 is 2.50 bits per heavy atom. The Hall–Kier alpha value is -1.01. The monoisotopic (exact) mass is 341 g/mol. The zero-order valence-electron chi connectivity index (χ0n) is 13.3. The molecule has 0 radical (unpaired) electrons. The van der Waals surface area contributed by atoms with Gasteiger partial charge >= 0.3 is 0 Å². The second-order valence-corrected chi connectivity index (χ2v) is 9.62. The van der Waals surface area contributed by atoms with Gasteiger partial charge in [-0.15, -0.1) is 11.8 Å². The first-order valence-corrected chi connectivity index (χ1v) is 10.3. The van der Waals surface area contributed by atoms with E-state index in [0.717, 1.165) is 5.75 Å². The minimum Gasteiger partial charge on any atom is -0.351 e. The van der Waals surface area contributed by atoms with Crippen molar-refractivity contribution in [3.63, 3.8) is 0 Å². The largest absolute Gasteiger partial charge is 0.351 e. The van der Waals surface area contributed by atoms with Crippen LogP contribution in [0.25, 0.3) is 0 Å². The third kappa shape index (κ3) is 5.02. The van der Waals surface area contributed by atoms with Crippen LogP contribution in [0.1, 0.15) is 30.0 Å². The fourth-order valence-electron chi connectivity index (χ4n) is 2.68. The molecule has 1 aliphatic rings. The molecule has 22 heavy (non-hydrogen) atoms. The Balaban J connectivity index is 1.84. The van der Waals surface area contributed by atoms with Crippen molar-refractivity contribution >= 4 is 27.5 Å². The summed E-state index contributed by atoms with van der Waals surface area (Å²) in [6, 6.07) is 6.18. The quantitative estimate of drug-likeness (QED) is 0.892. The van der Waals surface area contributed by atoms with Crippen molar-refractivity contribution in [3.8, 4) is 0 Å². The third-order valence-corrected chi connectivity index (χ3v) is 6.71. The Kier molecular flexibility index (Phi) is 5.55. The van der Waals surface area contributed by atoms with Crippen molar-refractivity contribution < 1.29 is 13.2 Å². The molecule has 1 aromatic carbocycles. The minimum atomic E-state index is -2.95. The summed E-state index contributed by atoms with van der Waals surface area (Å²) in [4.78, 5) is 12.1. The molecule has 1 N–H and O–H groups in total. The highest BCUT2D eigenvalue weighted by molar-refractivity contribution is 7.99. The second-order valence-electron chi connectivity index (χ2n) is 6.06. The fraction of sp³-hybridized carbons (Fsp3) is 0.562. The maximum absolute atomic E-state index is 12.1. The van der Waals surface area contributed by atoms with Gasteiger partial charge in [0.2, 0.25) is 5.91 Å². The predicted molar refractivity (Wildman–Crippen MR) is 91.9 cm³/mol. The van der Waals surface area contributed by atoms with Gasteiger partial charge in [0.1, 0.15) is 0 Å². The van der Waals surface area contributed by atoms with Crippen molar-refractivity contribution in [2.24, 2.45) is 0 Å². The van der Waals surface area contributed by atoms with E-state index in [4.69, 9.17) is 0 Å². The lowest BCUT2D eigenvalue weighted by molar-refractivity contribution is -0.120. The Bertz CT molecular complexity index is 635. The number of aryl methyl sites for hydroxylation is 2. The van der Waals surface area contributed by atoms with Crippen LogP contribution in [0.5, 0.6) is 0 Å². The van der Waals surface area contributed by atoms with E-state index in [-0.39, 0.29) is 28.7 Å². The van der Waals surface area contributed by atoms with Crippen molar-refractivity contribution in [1.29, 1.82) is 0 Å². The molecule has 0 aromatic heterocycles. The maximum Gasteiger partial charge on any atom is 0.233 e. The SMILES string of the molecule is Cc1cc(C)cc(CSC(C)C(=O)NC2CCS(=O)(=O)C2)c1. The lowest BCUT2D eigenvalue weighted by Gasteiger charge is -2.16. The highest BCUT2D eigenvalue weighted by Gasteiger charge is 2.29. The van der Waals surface area contributed by atoms with Gasteiger partial charge in [0, 0.05) is 11.8 Å². The van der Waals surface area contributed by atoms with E-state index >= 15 is 0 Å². The summed E-state index contributed by atoms with van der Waals surface area (Å²) < 4.78 is 22.8. The van der Waals surface area contributed by atoms with E-state index in [1.807, 2.05) is 6.92 Å². The molecule has 1 aliphatic heterocycles. The molecule has 0 saturated carbocycles. The van der Waals surface area contributed by atoms with E-state index in [1.165, 1.54) is 16.7 Å². The van der Waals surface area contributed by atoms with Crippen molar-refractivity contribution in [2.75, 3.05) is 11.5 Å². The van der Waals surface area contributed by atoms with Crippen LogP contribution in [0.3, 0.4) is 0 Å². The van der Waals surface area contributed by atoms with Crippen LogP contribution >= 0.6 is 11.8 Å². The van der Waals surface area contributed by atoms with Crippen molar-refractivity contribution in [2.45, 2.75) is 44.2 Å². The van der Waals surface area contributed by atoms with Gasteiger partial charge in [0.15, 0.2) is 9.84 Å². The van der Waals surface area contributed by atoms with Crippen LogP contribution in [0, 0.1) is 13.8 Å². The number of benzene rings is 1. The average Bonchev–Trinajstić information content (AvgIpc) is 2.74. The standard InChI is InChI=1S/C16H23NO3S2/c1-11-6-12(2)8-14(7-11)9-21-13(3)16(18)17-15-4-5-22(19,20)10-15/h6-8,13,15H,4-5,9-10H2,1-3H3,(H,17,18). The van der Waals surface area contributed by atoms with Gasteiger partial charge in [-0.2, -0.15) is 0 Å². The third-order valence-electron chi connectivity index (χ3n) is 3.73. The zero-order valence-corrected chi connectivity index (χ0v) is 14.9. The van der Waals surface area contributed by atoms with Gasteiger partial charge < -0.3 is 5.32 Å². The van der Waals surface area contributed by atoms with E-state index in [1.54, 1.807) is 11.8 Å². The molecule has 122 valence electrons. The molecule has 0 bridgehead atoms. The topological polar surface area (TPSA) is 63.2 Å². The molecule has 1 amide bonds. The zero-order chi connectivity index (χ0) is 16.3. The first kappa shape index (κ1) is 17.3. The molecule has 6 heteroatoms. The van der Waals surface area contributed by atoms with Crippen molar-refractivity contribution in [1.82, 2.24) is 5.32 Å². The molecule has 1 heterocycles. The number of carbonyl (C=O) groups excluding carboxylic acids is 1. The highest BCUT2D eigenvalue weighted by Crippen LogP contribution is 2.20. The molecular formula is C16H23NO3S2. The van der Waals surface area contributed by atoms with E-state index in [0.29, 0.717) is 6.42 Å². The number of nitrogens with one attached hydrogen (secondary N) is 1. The smallest absolute Gasteiger partial charge is 0.233 e. The highest BCUT2D eigenvalue weighted by atomic mass is 32.2. The van der Waals surface area contributed by atoms with Crippen LogP contribution < -0.4 is 5.32 Å². The number of carbonyl (C=O) groups is 1. The molecule has 1 fully saturated rings. The number of hydrogen-bond donors (Lipinski definition) is 1. The van der Waals surface area contributed by atoms with Gasteiger partial charge in [-0.05, 0) is 32.8 Å². The number of hydrogen-bond acceptors (Lipinski definition) is 4. The Morgan fingerprint density at radius 1 is 1.32 bits per heavy atom. The van der Waals surface area contributed by atoms with Crippen LogP contribution in [0.4, 0.5) is 0 Å². The maximum atomic E-state index is 12.1. The van der Waals surface area contributed by atoms with E-state index in [9.17, 15) is 13.2 Å². The van der Waals surface area contributed by atoms with Gasteiger partial charge in [-0.3, -0.25) is 4.79 Å². The lowest BCUT2D eigenvalue weighted by atomic mass is 10.1. The molecule has 0 aliphatic carbocycles. The van der Waals surface area contributed by atoms with Crippen LogP contribution in [-0.4, -0.2) is 37.1 Å². The molecular weight excluding hydrogens is 318 g/mol. The van der Waals surface area contributed by atoms with Crippen molar-refractivity contribution in [3.05, 3.63) is 34.9 Å². The number of rotatable bonds is 5. The number of sulfone groups is 1. The number of amides is 1. The summed E-state index contributed by atoms with van der Waals surface area (Å²) in [5, 5.41) is 2.66. The van der Waals surface area contributed by atoms with E-state index < -0.39 is 9.84 Å². The summed E-state index contributed by atoms with van der Waals surface area (Å²) in [7, 11) is -2.95. The van der Waals surface area contributed by atoms with Gasteiger partial charge in [0.05, 0.1) is 16.8 Å². The van der Waals surface area contributed by atoms with Gasteiger partial charge in [0.25, 0.3) is 0 Å². The van der Waals surface area contributed by atoms with Gasteiger partial charge in [-0.1, -0.05) is 29.3 Å². The van der Waals surface area contributed by atoms with Crippen LogP contribution in [0.2, 0.25) is 0 Å². The molecule has 0 spiro atoms. The number of thioether (sulfide) groups is 1. The molecule has 2 rings (SSSR count). The van der Waals surface area contributed by atoms with Gasteiger partial charge in [-0.25, -0.2) is 8.42 Å². The molecule has 1 saturated heterocycles. The molecule has 1 aromatic rings. The van der Waals surface area contributed by atoms with Crippen LogP contribution in [-0.2, 0) is 20.4 Å². The second kappa shape index (κ2) is 7.04. The Morgan fingerprint density at radius 2 is 1.95 bits per heavy atom.